The Hall–Kier alpha value is -3.39. The standard InChI is InChI=1S/C28H27BrN2O5/c1-35-24-11-3-2-6-18(24)31-25(34)15-36-23-13-12-16(29)14-17(23)26-27-19(7-4-9-21(27)32)30-20-8-5-10-22(33)28(20)26/h2-3,6,11-14,26,30H,4-5,7-10,15H2,1H3,(H,31,34). The summed E-state index contributed by atoms with van der Waals surface area (Å²) < 4.78 is 12.1. The molecule has 0 spiro atoms. The van der Waals surface area contributed by atoms with Crippen molar-refractivity contribution in [2.24, 2.45) is 0 Å². The van der Waals surface area contributed by atoms with Crippen LogP contribution in [0.4, 0.5) is 5.69 Å². The van der Waals surface area contributed by atoms with E-state index in [0.29, 0.717) is 46.7 Å². The summed E-state index contributed by atoms with van der Waals surface area (Å²) in [6.07, 6.45) is 4.04. The molecule has 2 aromatic carbocycles. The monoisotopic (exact) mass is 550 g/mol. The fourth-order valence-electron chi connectivity index (χ4n) is 5.25. The Morgan fingerprint density at radius 2 is 1.64 bits per heavy atom. The van der Waals surface area contributed by atoms with Crippen molar-refractivity contribution in [1.82, 2.24) is 5.32 Å². The van der Waals surface area contributed by atoms with E-state index in [1.165, 1.54) is 0 Å². The minimum atomic E-state index is -0.512. The van der Waals surface area contributed by atoms with Gasteiger partial charge in [-0.25, -0.2) is 0 Å². The first-order chi connectivity index (χ1) is 17.5. The molecule has 36 heavy (non-hydrogen) atoms. The lowest BCUT2D eigenvalue weighted by Gasteiger charge is -2.37. The van der Waals surface area contributed by atoms with E-state index in [1.54, 1.807) is 25.3 Å². The highest BCUT2D eigenvalue weighted by atomic mass is 79.9. The molecule has 1 aliphatic heterocycles. The molecule has 186 valence electrons. The molecule has 0 atom stereocenters. The molecule has 8 heteroatoms. The number of benzene rings is 2. The lowest BCUT2D eigenvalue weighted by molar-refractivity contribution is -0.119. The van der Waals surface area contributed by atoms with E-state index >= 15 is 0 Å². The molecule has 5 rings (SSSR count). The van der Waals surface area contributed by atoms with Crippen LogP contribution in [0.15, 0.2) is 69.5 Å². The van der Waals surface area contributed by atoms with Gasteiger partial charge < -0.3 is 20.1 Å². The van der Waals surface area contributed by atoms with E-state index in [1.807, 2.05) is 24.3 Å². The number of hydrogen-bond donors (Lipinski definition) is 2. The van der Waals surface area contributed by atoms with Gasteiger partial charge in [0.2, 0.25) is 0 Å². The van der Waals surface area contributed by atoms with E-state index in [2.05, 4.69) is 26.6 Å². The molecule has 0 bridgehead atoms. The van der Waals surface area contributed by atoms with Gasteiger partial charge in [-0.2, -0.15) is 0 Å². The van der Waals surface area contributed by atoms with Crippen LogP contribution in [0, 0.1) is 0 Å². The highest BCUT2D eigenvalue weighted by molar-refractivity contribution is 9.10. The van der Waals surface area contributed by atoms with Crippen molar-refractivity contribution in [1.29, 1.82) is 0 Å². The Labute approximate surface area is 218 Å². The molecule has 0 aromatic heterocycles. The molecule has 0 saturated heterocycles. The molecule has 7 nitrogen and oxygen atoms in total. The maximum atomic E-state index is 13.2. The first kappa shape index (κ1) is 24.3. The van der Waals surface area contributed by atoms with Crippen LogP contribution in [0.1, 0.15) is 50.0 Å². The van der Waals surface area contributed by atoms with E-state index in [0.717, 1.165) is 41.6 Å². The van der Waals surface area contributed by atoms with E-state index in [4.69, 9.17) is 9.47 Å². The van der Waals surface area contributed by atoms with Gasteiger partial charge in [0, 0.05) is 51.3 Å². The first-order valence-corrected chi connectivity index (χ1v) is 12.9. The first-order valence-electron chi connectivity index (χ1n) is 12.1. The zero-order valence-corrected chi connectivity index (χ0v) is 21.6. The van der Waals surface area contributed by atoms with Crippen molar-refractivity contribution in [2.45, 2.75) is 44.4 Å². The van der Waals surface area contributed by atoms with Crippen molar-refractivity contribution in [2.75, 3.05) is 19.0 Å². The number of methoxy groups -OCH3 is 1. The summed E-state index contributed by atoms with van der Waals surface area (Å²) in [6.45, 7) is -0.239. The molecular weight excluding hydrogens is 524 g/mol. The minimum absolute atomic E-state index is 0.0542. The van der Waals surface area contributed by atoms with E-state index in [-0.39, 0.29) is 24.1 Å². The predicted molar refractivity (Wildman–Crippen MR) is 139 cm³/mol. The Morgan fingerprint density at radius 3 is 2.31 bits per heavy atom. The van der Waals surface area contributed by atoms with Crippen molar-refractivity contribution >= 4 is 39.1 Å². The van der Waals surface area contributed by atoms with Gasteiger partial charge in [-0.3, -0.25) is 14.4 Å². The van der Waals surface area contributed by atoms with Crippen LogP contribution in [-0.2, 0) is 14.4 Å². The van der Waals surface area contributed by atoms with Crippen LogP contribution >= 0.6 is 15.9 Å². The second-order valence-electron chi connectivity index (χ2n) is 9.12. The SMILES string of the molecule is COc1ccccc1NC(=O)COc1ccc(Br)cc1C1C2=C(CCCC2=O)NC2=C1C(=O)CCC2. The highest BCUT2D eigenvalue weighted by Gasteiger charge is 2.41. The molecule has 2 aliphatic carbocycles. The average Bonchev–Trinajstić information content (AvgIpc) is 2.87. The van der Waals surface area contributed by atoms with Gasteiger partial charge in [-0.1, -0.05) is 28.1 Å². The number of amides is 1. The Bertz CT molecular complexity index is 1270. The number of Topliss-reactive ketones (excluding diaryl/α,β-unsaturated/α-hetero) is 2. The van der Waals surface area contributed by atoms with Crippen molar-refractivity contribution in [3.8, 4) is 11.5 Å². The highest BCUT2D eigenvalue weighted by Crippen LogP contribution is 2.48. The molecule has 1 heterocycles. The largest absolute Gasteiger partial charge is 0.495 e. The van der Waals surface area contributed by atoms with Crippen LogP contribution in [-0.4, -0.2) is 31.2 Å². The van der Waals surface area contributed by atoms with Crippen LogP contribution < -0.4 is 20.1 Å². The average molecular weight is 551 g/mol. The van der Waals surface area contributed by atoms with Crippen molar-refractivity contribution < 1.29 is 23.9 Å². The molecule has 2 N–H and O–H groups in total. The number of dihydropyridines is 1. The third-order valence-electron chi connectivity index (χ3n) is 6.81. The summed E-state index contributed by atoms with van der Waals surface area (Å²) in [7, 11) is 1.54. The number of allylic oxidation sites excluding steroid dienone is 4. The molecule has 3 aliphatic rings. The summed E-state index contributed by atoms with van der Waals surface area (Å²) in [5, 5.41) is 6.24. The number of halogens is 1. The quantitative estimate of drug-likeness (QED) is 0.514. The Morgan fingerprint density at radius 1 is 0.972 bits per heavy atom. The third kappa shape index (κ3) is 4.69. The Balaban J connectivity index is 1.48. The van der Waals surface area contributed by atoms with Gasteiger partial charge in [-0.15, -0.1) is 0 Å². The molecule has 2 aromatic rings. The summed E-state index contributed by atoms with van der Waals surface area (Å²) in [6, 6.07) is 12.6. The minimum Gasteiger partial charge on any atom is -0.495 e. The maximum absolute atomic E-state index is 13.2. The summed E-state index contributed by atoms with van der Waals surface area (Å²) in [5.41, 5.74) is 4.37. The topological polar surface area (TPSA) is 93.7 Å². The second kappa shape index (κ2) is 10.3. The number of nitrogens with one attached hydrogen (secondary N) is 2. The van der Waals surface area contributed by atoms with Gasteiger partial charge >= 0.3 is 0 Å². The summed E-state index contributed by atoms with van der Waals surface area (Å²) in [5.74, 6) is 0.269. The zero-order chi connectivity index (χ0) is 25.2. The number of hydrogen-bond acceptors (Lipinski definition) is 6. The molecule has 0 fully saturated rings. The lowest BCUT2D eigenvalue weighted by Crippen LogP contribution is -2.36. The molecule has 1 amide bonds. The number of carbonyl (C=O) groups is 3. The number of rotatable bonds is 6. The Kier molecular flexibility index (Phi) is 6.96. The normalized spacial score (nSPS) is 17.8. The smallest absolute Gasteiger partial charge is 0.262 e. The summed E-state index contributed by atoms with van der Waals surface area (Å²) >= 11 is 3.54. The summed E-state index contributed by atoms with van der Waals surface area (Å²) in [4.78, 5) is 39.0. The lowest BCUT2D eigenvalue weighted by atomic mass is 9.71. The molecule has 0 saturated carbocycles. The fraction of sp³-hybridized carbons (Fsp3) is 0.321. The maximum Gasteiger partial charge on any atom is 0.262 e. The van der Waals surface area contributed by atoms with Gasteiger partial charge in [-0.05, 0) is 56.0 Å². The van der Waals surface area contributed by atoms with Crippen molar-refractivity contribution in [3.63, 3.8) is 0 Å². The van der Waals surface area contributed by atoms with Gasteiger partial charge in [0.15, 0.2) is 18.2 Å². The van der Waals surface area contributed by atoms with Gasteiger partial charge in [0.05, 0.1) is 12.8 Å². The molecule has 0 unspecified atom stereocenters. The van der Waals surface area contributed by atoms with Crippen molar-refractivity contribution in [3.05, 3.63) is 75.0 Å². The number of anilines is 1. The fourth-order valence-corrected chi connectivity index (χ4v) is 5.63. The predicted octanol–water partition coefficient (Wildman–Crippen LogP) is 5.18. The molecular formula is C28H27BrN2O5. The number of carbonyl (C=O) groups excluding carboxylic acids is 3. The van der Waals surface area contributed by atoms with Crippen LogP contribution in [0.25, 0.3) is 0 Å². The molecule has 0 radical (unpaired) electrons. The van der Waals surface area contributed by atoms with E-state index in [9.17, 15) is 14.4 Å². The van der Waals surface area contributed by atoms with Gasteiger partial charge in [0.25, 0.3) is 5.91 Å². The van der Waals surface area contributed by atoms with Crippen LogP contribution in [0.3, 0.4) is 0 Å². The van der Waals surface area contributed by atoms with Crippen LogP contribution in [0.2, 0.25) is 0 Å². The second-order valence-corrected chi connectivity index (χ2v) is 10.0. The number of para-hydroxylation sites is 2. The number of ether oxygens (including phenoxy) is 2. The van der Waals surface area contributed by atoms with Gasteiger partial charge in [0.1, 0.15) is 11.5 Å². The zero-order valence-electron chi connectivity index (χ0n) is 20.0. The van der Waals surface area contributed by atoms with E-state index < -0.39 is 5.92 Å². The third-order valence-corrected chi connectivity index (χ3v) is 7.31. The number of ketones is 2. The van der Waals surface area contributed by atoms with Crippen LogP contribution in [0.5, 0.6) is 11.5 Å².